The van der Waals surface area contributed by atoms with Crippen molar-refractivity contribution in [3.8, 4) is 0 Å². The van der Waals surface area contributed by atoms with E-state index in [9.17, 15) is 13.2 Å². The zero-order chi connectivity index (χ0) is 17.3. The van der Waals surface area contributed by atoms with E-state index < -0.39 is 10.0 Å². The van der Waals surface area contributed by atoms with E-state index in [-0.39, 0.29) is 10.8 Å². The number of hydrogen-bond acceptors (Lipinski definition) is 5. The van der Waals surface area contributed by atoms with Crippen LogP contribution in [0.25, 0.3) is 0 Å². The third-order valence-electron chi connectivity index (χ3n) is 4.13. The van der Waals surface area contributed by atoms with Crippen LogP contribution in [0.5, 0.6) is 0 Å². The average Bonchev–Trinajstić information content (AvgIpc) is 3.10. The molecule has 7 nitrogen and oxygen atoms in total. The van der Waals surface area contributed by atoms with Crippen molar-refractivity contribution in [3.05, 3.63) is 33.8 Å². The quantitative estimate of drug-likeness (QED) is 0.892. The number of thiophene rings is 1. The van der Waals surface area contributed by atoms with E-state index in [1.165, 1.54) is 15.6 Å². The van der Waals surface area contributed by atoms with Crippen molar-refractivity contribution in [1.29, 1.82) is 0 Å². The van der Waals surface area contributed by atoms with Crippen LogP contribution in [0, 0.1) is 13.8 Å². The Morgan fingerprint density at radius 1 is 1.25 bits per heavy atom. The van der Waals surface area contributed by atoms with Crippen LogP contribution in [0.3, 0.4) is 0 Å². The molecule has 0 aromatic carbocycles. The van der Waals surface area contributed by atoms with Crippen molar-refractivity contribution in [3.63, 3.8) is 0 Å². The normalized spacial score (nSPS) is 17.0. The Labute approximate surface area is 145 Å². The molecular formula is C15H20N4O3S2. The first-order chi connectivity index (χ1) is 11.4. The summed E-state index contributed by atoms with van der Waals surface area (Å²) in [6, 6.07) is 3.64. The van der Waals surface area contributed by atoms with E-state index in [1.807, 2.05) is 11.4 Å². The second kappa shape index (κ2) is 6.66. The number of hydrogen-bond donors (Lipinski definition) is 1. The summed E-state index contributed by atoms with van der Waals surface area (Å²) in [5, 5.41) is 8.58. The van der Waals surface area contributed by atoms with Gasteiger partial charge in [-0.3, -0.25) is 9.89 Å². The second-order valence-corrected chi connectivity index (χ2v) is 8.61. The molecule has 0 radical (unpaired) electrons. The van der Waals surface area contributed by atoms with Gasteiger partial charge in [0.1, 0.15) is 4.90 Å². The number of aromatic amines is 1. The number of carbonyl (C=O) groups is 1. The van der Waals surface area contributed by atoms with Gasteiger partial charge >= 0.3 is 0 Å². The molecule has 0 saturated carbocycles. The molecule has 3 heterocycles. The average molecular weight is 368 g/mol. The van der Waals surface area contributed by atoms with Crippen molar-refractivity contribution >= 4 is 27.3 Å². The van der Waals surface area contributed by atoms with E-state index in [2.05, 4.69) is 10.2 Å². The summed E-state index contributed by atoms with van der Waals surface area (Å²) < 4.78 is 27.3. The monoisotopic (exact) mass is 368 g/mol. The highest BCUT2D eigenvalue weighted by Crippen LogP contribution is 2.23. The minimum absolute atomic E-state index is 0.0279. The Bertz CT molecular complexity index is 808. The number of amides is 1. The van der Waals surface area contributed by atoms with E-state index in [0.29, 0.717) is 48.9 Å². The number of aromatic nitrogens is 2. The zero-order valence-electron chi connectivity index (χ0n) is 13.7. The first-order valence-electron chi connectivity index (χ1n) is 7.76. The van der Waals surface area contributed by atoms with Crippen molar-refractivity contribution in [2.75, 3.05) is 26.2 Å². The first kappa shape index (κ1) is 17.1. The molecule has 1 amide bonds. The highest BCUT2D eigenvalue weighted by atomic mass is 32.2. The van der Waals surface area contributed by atoms with Gasteiger partial charge in [-0.15, -0.1) is 11.3 Å². The maximum absolute atomic E-state index is 12.9. The Morgan fingerprint density at radius 3 is 2.67 bits per heavy atom. The Morgan fingerprint density at radius 2 is 2.04 bits per heavy atom. The van der Waals surface area contributed by atoms with Crippen LogP contribution in [-0.4, -0.2) is 59.9 Å². The smallest absolute Gasteiger partial charge is 0.263 e. The van der Waals surface area contributed by atoms with Crippen molar-refractivity contribution in [2.24, 2.45) is 0 Å². The standard InChI is InChI=1S/C15H20N4O3S2/c1-11-14(12(2)17-16-11)24(21,22)19-7-4-6-18(8-9-19)15(20)13-5-3-10-23-13/h3,5,10H,4,6-9H2,1-2H3,(H,16,17). The predicted molar refractivity (Wildman–Crippen MR) is 91.7 cm³/mol. The fourth-order valence-corrected chi connectivity index (χ4v) is 5.44. The van der Waals surface area contributed by atoms with Gasteiger partial charge in [0.25, 0.3) is 5.91 Å². The lowest BCUT2D eigenvalue weighted by atomic mass is 10.3. The van der Waals surface area contributed by atoms with Crippen LogP contribution in [0.1, 0.15) is 27.5 Å². The number of aryl methyl sites for hydroxylation is 2. The van der Waals surface area contributed by atoms with Crippen molar-refractivity contribution in [1.82, 2.24) is 19.4 Å². The third kappa shape index (κ3) is 3.11. The van der Waals surface area contributed by atoms with Gasteiger partial charge in [-0.2, -0.15) is 9.40 Å². The molecule has 1 fully saturated rings. The van der Waals surface area contributed by atoms with Crippen LogP contribution in [0.15, 0.2) is 22.4 Å². The topological polar surface area (TPSA) is 86.4 Å². The molecule has 0 unspecified atom stereocenters. The summed E-state index contributed by atoms with van der Waals surface area (Å²) in [7, 11) is -3.60. The minimum Gasteiger partial charge on any atom is -0.337 e. The van der Waals surface area contributed by atoms with E-state index >= 15 is 0 Å². The number of rotatable bonds is 3. The minimum atomic E-state index is -3.60. The molecule has 2 aromatic heterocycles. The van der Waals surface area contributed by atoms with Crippen molar-refractivity contribution < 1.29 is 13.2 Å². The van der Waals surface area contributed by atoms with Crippen molar-refractivity contribution in [2.45, 2.75) is 25.2 Å². The van der Waals surface area contributed by atoms with E-state index in [1.54, 1.807) is 24.8 Å². The summed E-state index contributed by atoms with van der Waals surface area (Å²) in [5.74, 6) is -0.0279. The van der Waals surface area contributed by atoms with Crippen LogP contribution in [0.4, 0.5) is 0 Å². The molecule has 1 N–H and O–H groups in total. The van der Waals surface area contributed by atoms with Gasteiger partial charge in [0, 0.05) is 26.2 Å². The molecule has 0 bridgehead atoms. The van der Waals surface area contributed by atoms with Crippen LogP contribution < -0.4 is 0 Å². The molecule has 130 valence electrons. The number of nitrogens with one attached hydrogen (secondary N) is 1. The molecule has 3 rings (SSSR count). The van der Waals surface area contributed by atoms with Gasteiger partial charge in [0.2, 0.25) is 10.0 Å². The Balaban J connectivity index is 1.77. The number of H-pyrrole nitrogens is 1. The van der Waals surface area contributed by atoms with Gasteiger partial charge in [-0.25, -0.2) is 8.42 Å². The van der Waals surface area contributed by atoms with Gasteiger partial charge in [-0.05, 0) is 31.7 Å². The molecule has 1 aliphatic heterocycles. The second-order valence-electron chi connectivity index (χ2n) is 5.79. The molecule has 1 aliphatic rings. The lowest BCUT2D eigenvalue weighted by Crippen LogP contribution is -2.37. The SMILES string of the molecule is Cc1n[nH]c(C)c1S(=O)(=O)N1CCCN(C(=O)c2cccs2)CC1. The van der Waals surface area contributed by atoms with E-state index in [4.69, 9.17) is 0 Å². The van der Waals surface area contributed by atoms with Gasteiger partial charge in [0.05, 0.1) is 16.3 Å². The fraction of sp³-hybridized carbons (Fsp3) is 0.467. The summed E-state index contributed by atoms with van der Waals surface area (Å²) >= 11 is 1.40. The Hall–Kier alpha value is -1.71. The number of sulfonamides is 1. The van der Waals surface area contributed by atoms with Crippen LogP contribution >= 0.6 is 11.3 Å². The zero-order valence-corrected chi connectivity index (χ0v) is 15.3. The highest BCUT2D eigenvalue weighted by Gasteiger charge is 2.32. The molecule has 2 aromatic rings. The summed E-state index contributed by atoms with van der Waals surface area (Å²) in [4.78, 5) is 15.1. The number of carbonyl (C=O) groups excluding carboxylic acids is 1. The fourth-order valence-electron chi connectivity index (χ4n) is 2.94. The molecular weight excluding hydrogens is 348 g/mol. The van der Waals surface area contributed by atoms with Gasteiger partial charge in [0.15, 0.2) is 0 Å². The predicted octanol–water partition coefficient (Wildman–Crippen LogP) is 1.62. The largest absolute Gasteiger partial charge is 0.337 e. The van der Waals surface area contributed by atoms with Crippen LogP contribution in [-0.2, 0) is 10.0 Å². The summed E-state index contributed by atoms with van der Waals surface area (Å²) in [6.07, 6.45) is 0.617. The van der Waals surface area contributed by atoms with Gasteiger partial charge < -0.3 is 4.90 Å². The highest BCUT2D eigenvalue weighted by molar-refractivity contribution is 7.89. The van der Waals surface area contributed by atoms with Crippen LogP contribution in [0.2, 0.25) is 0 Å². The maximum Gasteiger partial charge on any atom is 0.263 e. The molecule has 0 spiro atoms. The third-order valence-corrected chi connectivity index (χ3v) is 7.15. The van der Waals surface area contributed by atoms with E-state index in [0.717, 1.165) is 0 Å². The first-order valence-corrected chi connectivity index (χ1v) is 10.1. The summed E-state index contributed by atoms with van der Waals surface area (Å²) in [5.41, 5.74) is 1.02. The van der Waals surface area contributed by atoms with Gasteiger partial charge in [-0.1, -0.05) is 6.07 Å². The molecule has 0 atom stereocenters. The number of nitrogens with zero attached hydrogens (tertiary/aromatic N) is 3. The molecule has 0 aliphatic carbocycles. The lowest BCUT2D eigenvalue weighted by molar-refractivity contribution is 0.0769. The Kier molecular flexibility index (Phi) is 4.75. The molecule has 24 heavy (non-hydrogen) atoms. The molecule has 1 saturated heterocycles. The lowest BCUT2D eigenvalue weighted by Gasteiger charge is -2.21. The molecule has 9 heteroatoms. The maximum atomic E-state index is 12.9. The summed E-state index contributed by atoms with van der Waals surface area (Å²) in [6.45, 7) is 5.04.